The number of ether oxygens (including phenoxy) is 1. The van der Waals surface area contributed by atoms with Gasteiger partial charge in [0.25, 0.3) is 0 Å². The first-order valence-electron chi connectivity index (χ1n) is 7.14. The van der Waals surface area contributed by atoms with Crippen molar-refractivity contribution in [2.75, 3.05) is 19.7 Å². The summed E-state index contributed by atoms with van der Waals surface area (Å²) in [4.78, 5) is 25.9. The molecule has 0 heterocycles. The summed E-state index contributed by atoms with van der Waals surface area (Å²) in [7, 11) is 0. The minimum atomic E-state index is -0.413. The number of esters is 1. The highest BCUT2D eigenvalue weighted by molar-refractivity contribution is 5.93. The molecule has 0 unspecified atom stereocenters. The minimum Gasteiger partial charge on any atom is -0.465 e. The van der Waals surface area contributed by atoms with Gasteiger partial charge in [0.2, 0.25) is 5.91 Å². The maximum Gasteiger partial charge on any atom is 0.325 e. The lowest BCUT2D eigenvalue weighted by Crippen LogP contribution is -2.42. The van der Waals surface area contributed by atoms with E-state index in [1.165, 1.54) is 0 Å². The predicted octanol–water partition coefficient (Wildman–Crippen LogP) is 2.13. The Hall–Kier alpha value is -1.84. The minimum absolute atomic E-state index is 0.0394. The van der Waals surface area contributed by atoms with Crippen molar-refractivity contribution in [1.82, 2.24) is 4.90 Å². The molecule has 0 aromatic heterocycles. The lowest BCUT2D eigenvalue weighted by Gasteiger charge is -2.25. The molecule has 1 aliphatic carbocycles. The highest BCUT2D eigenvalue weighted by atomic mass is 16.5. The molecule has 0 saturated heterocycles. The SMILES string of the molecule is CCOC(=O)CN(CC)C(=O)C1(c2ccccc2)CC1. The number of likely N-dealkylation sites (N-methyl/N-ethyl adjacent to an activating group) is 1. The van der Waals surface area contributed by atoms with Crippen LogP contribution in [0.15, 0.2) is 30.3 Å². The van der Waals surface area contributed by atoms with Crippen LogP contribution in [0.1, 0.15) is 32.3 Å². The van der Waals surface area contributed by atoms with Crippen molar-refractivity contribution in [3.8, 4) is 0 Å². The fraction of sp³-hybridized carbons (Fsp3) is 0.500. The third-order valence-electron chi connectivity index (χ3n) is 3.78. The van der Waals surface area contributed by atoms with Gasteiger partial charge in [0.15, 0.2) is 0 Å². The van der Waals surface area contributed by atoms with Gasteiger partial charge in [0, 0.05) is 6.54 Å². The maximum absolute atomic E-state index is 12.7. The van der Waals surface area contributed by atoms with Crippen molar-refractivity contribution < 1.29 is 14.3 Å². The summed E-state index contributed by atoms with van der Waals surface area (Å²) >= 11 is 0. The second-order valence-corrected chi connectivity index (χ2v) is 5.07. The zero-order valence-electron chi connectivity index (χ0n) is 12.1. The molecule has 2 rings (SSSR count). The van der Waals surface area contributed by atoms with Crippen LogP contribution in [0.2, 0.25) is 0 Å². The number of hydrogen-bond donors (Lipinski definition) is 0. The van der Waals surface area contributed by atoms with Gasteiger partial charge < -0.3 is 9.64 Å². The number of carbonyl (C=O) groups is 2. The number of carbonyl (C=O) groups excluding carboxylic acids is 2. The zero-order chi connectivity index (χ0) is 14.6. The predicted molar refractivity (Wildman–Crippen MR) is 76.2 cm³/mol. The van der Waals surface area contributed by atoms with Gasteiger partial charge in [-0.25, -0.2) is 0 Å². The van der Waals surface area contributed by atoms with E-state index >= 15 is 0 Å². The van der Waals surface area contributed by atoms with E-state index in [1.54, 1.807) is 11.8 Å². The summed E-state index contributed by atoms with van der Waals surface area (Å²) < 4.78 is 4.93. The zero-order valence-corrected chi connectivity index (χ0v) is 12.1. The molecule has 0 atom stereocenters. The van der Waals surface area contributed by atoms with Crippen molar-refractivity contribution in [2.24, 2.45) is 0 Å². The van der Waals surface area contributed by atoms with Crippen molar-refractivity contribution in [2.45, 2.75) is 32.1 Å². The second kappa shape index (κ2) is 6.07. The monoisotopic (exact) mass is 275 g/mol. The average molecular weight is 275 g/mol. The first-order chi connectivity index (χ1) is 9.64. The topological polar surface area (TPSA) is 46.6 Å². The van der Waals surface area contributed by atoms with Crippen molar-refractivity contribution >= 4 is 11.9 Å². The molecule has 1 fully saturated rings. The molecule has 20 heavy (non-hydrogen) atoms. The van der Waals surface area contributed by atoms with Gasteiger partial charge >= 0.3 is 5.97 Å². The van der Waals surface area contributed by atoms with Gasteiger partial charge in [0.1, 0.15) is 6.54 Å². The molecule has 4 nitrogen and oxygen atoms in total. The Bertz CT molecular complexity index is 480. The highest BCUT2D eigenvalue weighted by Gasteiger charge is 2.52. The third kappa shape index (κ3) is 2.84. The van der Waals surface area contributed by atoms with E-state index in [2.05, 4.69) is 0 Å². The van der Waals surface area contributed by atoms with Crippen LogP contribution >= 0.6 is 0 Å². The Kier molecular flexibility index (Phi) is 4.42. The van der Waals surface area contributed by atoms with E-state index in [0.29, 0.717) is 13.2 Å². The molecule has 1 aliphatic rings. The lowest BCUT2D eigenvalue weighted by atomic mass is 9.94. The van der Waals surface area contributed by atoms with Crippen LogP contribution in [0.3, 0.4) is 0 Å². The van der Waals surface area contributed by atoms with Gasteiger partial charge in [-0.15, -0.1) is 0 Å². The first kappa shape index (κ1) is 14.6. The Morgan fingerprint density at radius 1 is 1.20 bits per heavy atom. The summed E-state index contributed by atoms with van der Waals surface area (Å²) in [6, 6.07) is 9.82. The third-order valence-corrected chi connectivity index (χ3v) is 3.78. The lowest BCUT2D eigenvalue weighted by molar-refractivity contribution is -0.149. The average Bonchev–Trinajstić information content (AvgIpc) is 3.27. The summed E-state index contributed by atoms with van der Waals surface area (Å²) in [5.74, 6) is -0.300. The second-order valence-electron chi connectivity index (χ2n) is 5.07. The van der Waals surface area contributed by atoms with Crippen LogP contribution in [0.4, 0.5) is 0 Å². The molecular weight excluding hydrogens is 254 g/mol. The fourth-order valence-electron chi connectivity index (χ4n) is 2.50. The molecule has 1 saturated carbocycles. The number of hydrogen-bond acceptors (Lipinski definition) is 3. The summed E-state index contributed by atoms with van der Waals surface area (Å²) in [5.41, 5.74) is 0.636. The summed E-state index contributed by atoms with van der Waals surface area (Å²) in [5, 5.41) is 0. The van der Waals surface area contributed by atoms with Gasteiger partial charge in [-0.1, -0.05) is 30.3 Å². The van der Waals surface area contributed by atoms with E-state index in [9.17, 15) is 9.59 Å². The van der Waals surface area contributed by atoms with Crippen LogP contribution in [0.5, 0.6) is 0 Å². The maximum atomic E-state index is 12.7. The Balaban J connectivity index is 2.11. The number of rotatable bonds is 6. The van der Waals surface area contributed by atoms with E-state index in [0.717, 1.165) is 18.4 Å². The smallest absolute Gasteiger partial charge is 0.325 e. The van der Waals surface area contributed by atoms with Crippen LogP contribution in [-0.2, 0) is 19.7 Å². The molecule has 4 heteroatoms. The summed E-state index contributed by atoms with van der Waals surface area (Å²) in [6.45, 7) is 4.55. The Morgan fingerprint density at radius 3 is 2.35 bits per heavy atom. The van der Waals surface area contributed by atoms with E-state index < -0.39 is 5.41 Å². The largest absolute Gasteiger partial charge is 0.465 e. The molecule has 108 valence electrons. The standard InChI is InChI=1S/C16H21NO3/c1-3-17(12-14(18)20-4-2)15(19)16(10-11-16)13-8-6-5-7-9-13/h5-9H,3-4,10-12H2,1-2H3. The highest BCUT2D eigenvalue weighted by Crippen LogP contribution is 2.49. The Morgan fingerprint density at radius 2 is 1.85 bits per heavy atom. The van der Waals surface area contributed by atoms with E-state index in [-0.39, 0.29) is 18.4 Å². The van der Waals surface area contributed by atoms with Gasteiger partial charge in [-0.2, -0.15) is 0 Å². The number of benzene rings is 1. The molecule has 1 aromatic rings. The van der Waals surface area contributed by atoms with Crippen LogP contribution < -0.4 is 0 Å². The molecule has 0 radical (unpaired) electrons. The fourth-order valence-corrected chi connectivity index (χ4v) is 2.50. The van der Waals surface area contributed by atoms with Gasteiger partial charge in [-0.05, 0) is 32.3 Å². The normalized spacial score (nSPS) is 15.5. The van der Waals surface area contributed by atoms with E-state index in [1.807, 2.05) is 37.3 Å². The van der Waals surface area contributed by atoms with Gasteiger partial charge in [-0.3, -0.25) is 9.59 Å². The van der Waals surface area contributed by atoms with Crippen molar-refractivity contribution in [3.63, 3.8) is 0 Å². The molecule has 1 aromatic carbocycles. The van der Waals surface area contributed by atoms with Crippen LogP contribution in [0.25, 0.3) is 0 Å². The van der Waals surface area contributed by atoms with Crippen molar-refractivity contribution in [1.29, 1.82) is 0 Å². The number of amides is 1. The van der Waals surface area contributed by atoms with Crippen LogP contribution in [-0.4, -0.2) is 36.5 Å². The Labute approximate surface area is 119 Å². The van der Waals surface area contributed by atoms with E-state index in [4.69, 9.17) is 4.74 Å². The summed E-state index contributed by atoms with van der Waals surface area (Å²) in [6.07, 6.45) is 1.71. The quantitative estimate of drug-likeness (QED) is 0.747. The molecule has 0 aliphatic heterocycles. The molecule has 0 spiro atoms. The number of nitrogens with zero attached hydrogens (tertiary/aromatic N) is 1. The molecule has 1 amide bonds. The first-order valence-corrected chi connectivity index (χ1v) is 7.14. The van der Waals surface area contributed by atoms with Crippen LogP contribution in [0, 0.1) is 0 Å². The molecule has 0 bridgehead atoms. The van der Waals surface area contributed by atoms with Gasteiger partial charge in [0.05, 0.1) is 12.0 Å². The van der Waals surface area contributed by atoms with Crippen molar-refractivity contribution in [3.05, 3.63) is 35.9 Å². The molecular formula is C16H21NO3. The molecule has 0 N–H and O–H groups in total.